The summed E-state index contributed by atoms with van der Waals surface area (Å²) in [5, 5.41) is 2.49. The predicted octanol–water partition coefficient (Wildman–Crippen LogP) is 0.283. The lowest BCUT2D eigenvalue weighted by molar-refractivity contribution is -0.141. The zero-order valence-electron chi connectivity index (χ0n) is 10.9. The summed E-state index contributed by atoms with van der Waals surface area (Å²) >= 11 is 4.94. The molecule has 17 heavy (non-hydrogen) atoms. The molecule has 1 atom stereocenters. The van der Waals surface area contributed by atoms with Gasteiger partial charge in [-0.05, 0) is 20.3 Å². The number of hydrogen-bond acceptors (Lipinski definition) is 3. The van der Waals surface area contributed by atoms with Crippen molar-refractivity contribution >= 4 is 29.0 Å². The number of rotatable bonds is 6. The Balaban J connectivity index is 4.96. The molecule has 5 nitrogen and oxygen atoms in total. The van der Waals surface area contributed by atoms with Crippen molar-refractivity contribution in [3.63, 3.8) is 0 Å². The molecule has 1 unspecified atom stereocenters. The van der Waals surface area contributed by atoms with Crippen LogP contribution >= 0.6 is 12.2 Å². The Morgan fingerprint density at radius 1 is 1.41 bits per heavy atom. The van der Waals surface area contributed by atoms with Crippen LogP contribution in [-0.4, -0.2) is 41.8 Å². The molecule has 98 valence electrons. The van der Waals surface area contributed by atoms with E-state index in [4.69, 9.17) is 18.0 Å². The van der Waals surface area contributed by atoms with Gasteiger partial charge < -0.3 is 16.0 Å². The average Bonchev–Trinajstić information content (AvgIpc) is 2.33. The van der Waals surface area contributed by atoms with E-state index in [2.05, 4.69) is 5.32 Å². The number of nitrogens with two attached hydrogens (primary N) is 1. The molecule has 0 saturated heterocycles. The lowest BCUT2D eigenvalue weighted by Crippen LogP contribution is -2.51. The summed E-state index contributed by atoms with van der Waals surface area (Å²) < 4.78 is 0. The van der Waals surface area contributed by atoms with Gasteiger partial charge in [-0.1, -0.05) is 19.1 Å². The van der Waals surface area contributed by atoms with Gasteiger partial charge in [0.05, 0.1) is 16.9 Å². The summed E-state index contributed by atoms with van der Waals surface area (Å²) in [4.78, 5) is 25.2. The Hall–Kier alpha value is -1.17. The van der Waals surface area contributed by atoms with Crippen molar-refractivity contribution in [3.8, 4) is 0 Å². The van der Waals surface area contributed by atoms with Gasteiger partial charge in [0, 0.05) is 13.6 Å². The molecule has 0 aliphatic carbocycles. The highest BCUT2D eigenvalue weighted by atomic mass is 32.1. The Kier molecular flexibility index (Phi) is 6.09. The molecule has 0 aliphatic heterocycles. The van der Waals surface area contributed by atoms with Crippen LogP contribution in [-0.2, 0) is 9.59 Å². The van der Waals surface area contributed by atoms with Crippen molar-refractivity contribution in [2.24, 2.45) is 11.1 Å². The van der Waals surface area contributed by atoms with E-state index >= 15 is 0 Å². The molecule has 0 aromatic heterocycles. The number of nitrogens with zero attached hydrogens (tertiary/aromatic N) is 1. The predicted molar refractivity (Wildman–Crippen MR) is 71.5 cm³/mol. The van der Waals surface area contributed by atoms with Gasteiger partial charge in [0.15, 0.2) is 0 Å². The van der Waals surface area contributed by atoms with Crippen molar-refractivity contribution in [2.45, 2.75) is 27.2 Å². The first-order chi connectivity index (χ1) is 7.83. The van der Waals surface area contributed by atoms with E-state index in [0.29, 0.717) is 13.0 Å². The largest absolute Gasteiger partial charge is 0.392 e. The quantitative estimate of drug-likeness (QED) is 0.672. The number of thiocarbonyl (C=S) groups is 1. The van der Waals surface area contributed by atoms with Crippen LogP contribution in [0.1, 0.15) is 27.2 Å². The minimum absolute atomic E-state index is 0.0318. The van der Waals surface area contributed by atoms with Crippen molar-refractivity contribution in [1.82, 2.24) is 10.2 Å². The van der Waals surface area contributed by atoms with E-state index in [-0.39, 0.29) is 23.3 Å². The molecular formula is C11H21N3O2S. The van der Waals surface area contributed by atoms with Gasteiger partial charge in [0.2, 0.25) is 11.8 Å². The second-order valence-corrected chi connectivity index (χ2v) is 4.48. The molecule has 0 aliphatic rings. The SMILES string of the molecule is CCN(CC(=O)NC)C(=O)C(C)(CC)C(N)=S. The normalized spacial score (nSPS) is 13.6. The van der Waals surface area contributed by atoms with Crippen LogP contribution in [0.25, 0.3) is 0 Å². The fourth-order valence-corrected chi connectivity index (χ4v) is 1.59. The topological polar surface area (TPSA) is 75.4 Å². The zero-order valence-corrected chi connectivity index (χ0v) is 11.7. The summed E-state index contributed by atoms with van der Waals surface area (Å²) in [5.41, 5.74) is 4.75. The maximum atomic E-state index is 12.3. The Morgan fingerprint density at radius 3 is 2.24 bits per heavy atom. The van der Waals surface area contributed by atoms with E-state index in [1.165, 1.54) is 11.9 Å². The number of nitrogens with one attached hydrogen (secondary N) is 1. The van der Waals surface area contributed by atoms with Gasteiger partial charge in [-0.15, -0.1) is 0 Å². The molecule has 6 heteroatoms. The maximum Gasteiger partial charge on any atom is 0.239 e. The highest BCUT2D eigenvalue weighted by molar-refractivity contribution is 7.80. The Labute approximate surface area is 108 Å². The summed E-state index contributed by atoms with van der Waals surface area (Å²) in [7, 11) is 1.53. The van der Waals surface area contributed by atoms with Gasteiger partial charge in [-0.2, -0.15) is 0 Å². The number of carbonyl (C=O) groups is 2. The fraction of sp³-hybridized carbons (Fsp3) is 0.727. The maximum absolute atomic E-state index is 12.3. The summed E-state index contributed by atoms with van der Waals surface area (Å²) in [5.74, 6) is -0.403. The van der Waals surface area contributed by atoms with E-state index in [1.807, 2.05) is 13.8 Å². The Bertz CT molecular complexity index is 320. The molecule has 2 amide bonds. The summed E-state index contributed by atoms with van der Waals surface area (Å²) in [6.07, 6.45) is 0.519. The first kappa shape index (κ1) is 15.8. The molecule has 0 spiro atoms. The highest BCUT2D eigenvalue weighted by Crippen LogP contribution is 2.24. The summed E-state index contributed by atoms with van der Waals surface area (Å²) in [6, 6.07) is 0. The molecule has 0 saturated carbocycles. The first-order valence-electron chi connectivity index (χ1n) is 5.63. The van der Waals surface area contributed by atoms with E-state index in [1.54, 1.807) is 6.92 Å². The minimum atomic E-state index is -0.876. The number of carbonyl (C=O) groups excluding carboxylic acids is 2. The summed E-state index contributed by atoms with van der Waals surface area (Å²) in [6.45, 7) is 5.86. The molecule has 0 aromatic rings. The van der Waals surface area contributed by atoms with Crippen LogP contribution < -0.4 is 11.1 Å². The molecule has 0 radical (unpaired) electrons. The molecule has 0 heterocycles. The van der Waals surface area contributed by atoms with E-state index < -0.39 is 5.41 Å². The van der Waals surface area contributed by atoms with E-state index in [0.717, 1.165) is 0 Å². The van der Waals surface area contributed by atoms with Crippen LogP contribution in [0.4, 0.5) is 0 Å². The number of likely N-dealkylation sites (N-methyl/N-ethyl adjacent to an activating group) is 2. The van der Waals surface area contributed by atoms with Gasteiger partial charge in [0.1, 0.15) is 0 Å². The second-order valence-electron chi connectivity index (χ2n) is 4.04. The highest BCUT2D eigenvalue weighted by Gasteiger charge is 2.37. The third kappa shape index (κ3) is 3.66. The fourth-order valence-electron chi connectivity index (χ4n) is 1.36. The van der Waals surface area contributed by atoms with Crippen LogP contribution in [0.2, 0.25) is 0 Å². The minimum Gasteiger partial charge on any atom is -0.392 e. The standard InChI is InChI=1S/C11H21N3O2S/c1-5-11(3,9(12)17)10(16)14(6-2)7-8(15)13-4/h5-7H2,1-4H3,(H2,12,17)(H,13,15). The van der Waals surface area contributed by atoms with Crippen LogP contribution in [0.15, 0.2) is 0 Å². The van der Waals surface area contributed by atoms with Crippen molar-refractivity contribution in [3.05, 3.63) is 0 Å². The van der Waals surface area contributed by atoms with Gasteiger partial charge >= 0.3 is 0 Å². The van der Waals surface area contributed by atoms with Gasteiger partial charge in [-0.3, -0.25) is 9.59 Å². The van der Waals surface area contributed by atoms with Gasteiger partial charge in [0.25, 0.3) is 0 Å². The molecule has 0 rings (SSSR count). The third-order valence-corrected chi connectivity index (χ3v) is 3.46. The molecular weight excluding hydrogens is 238 g/mol. The molecule has 0 fully saturated rings. The van der Waals surface area contributed by atoms with Crippen molar-refractivity contribution in [2.75, 3.05) is 20.1 Å². The number of amides is 2. The lowest BCUT2D eigenvalue weighted by Gasteiger charge is -2.32. The third-order valence-electron chi connectivity index (χ3n) is 3.01. The van der Waals surface area contributed by atoms with Gasteiger partial charge in [-0.25, -0.2) is 0 Å². The Morgan fingerprint density at radius 2 is 1.94 bits per heavy atom. The first-order valence-corrected chi connectivity index (χ1v) is 6.04. The van der Waals surface area contributed by atoms with Crippen molar-refractivity contribution < 1.29 is 9.59 Å². The smallest absolute Gasteiger partial charge is 0.239 e. The van der Waals surface area contributed by atoms with Crippen LogP contribution in [0.3, 0.4) is 0 Å². The zero-order chi connectivity index (χ0) is 13.6. The second kappa shape index (κ2) is 6.54. The van der Waals surface area contributed by atoms with Crippen molar-refractivity contribution in [1.29, 1.82) is 0 Å². The lowest BCUT2D eigenvalue weighted by atomic mass is 9.85. The molecule has 0 bridgehead atoms. The van der Waals surface area contributed by atoms with Crippen LogP contribution in [0, 0.1) is 5.41 Å². The van der Waals surface area contributed by atoms with Crippen LogP contribution in [0.5, 0.6) is 0 Å². The molecule has 3 N–H and O–H groups in total. The monoisotopic (exact) mass is 259 g/mol. The molecule has 0 aromatic carbocycles. The number of hydrogen-bond donors (Lipinski definition) is 2. The average molecular weight is 259 g/mol. The van der Waals surface area contributed by atoms with E-state index in [9.17, 15) is 9.59 Å².